The van der Waals surface area contributed by atoms with Crippen LogP contribution in [0.4, 0.5) is 0 Å². The molecule has 4 heteroatoms. The molecule has 0 unspecified atom stereocenters. The molecule has 1 heterocycles. The highest BCUT2D eigenvalue weighted by Crippen LogP contribution is 2.28. The number of unbranched alkanes of at least 4 members (excludes halogenated alkanes) is 4. The molecule has 0 aliphatic carbocycles. The van der Waals surface area contributed by atoms with Crippen LogP contribution in [0.15, 0.2) is 28.7 Å². The van der Waals surface area contributed by atoms with E-state index < -0.39 is 5.97 Å². The number of aryl methyl sites for hydroxylation is 1. The lowest BCUT2D eigenvalue weighted by Crippen LogP contribution is -1.93. The third kappa shape index (κ3) is 4.10. The van der Waals surface area contributed by atoms with Crippen molar-refractivity contribution in [2.45, 2.75) is 44.9 Å². The number of hydrogen-bond acceptors (Lipinski definition) is 1. The molecule has 2 N–H and O–H groups in total. The standard InChI is InChI=1S/C16H20BrNO2/c17-16-12-8-6-7-9-13(12)18-14(16)10-4-2-1-3-5-11-15(19)20/h6-9,18H,1-5,10-11H2,(H,19,20). The van der Waals surface area contributed by atoms with Crippen LogP contribution in [-0.2, 0) is 11.2 Å². The quantitative estimate of drug-likeness (QED) is 0.673. The maximum absolute atomic E-state index is 10.4. The third-order valence-electron chi connectivity index (χ3n) is 3.53. The summed E-state index contributed by atoms with van der Waals surface area (Å²) in [4.78, 5) is 13.8. The minimum atomic E-state index is -0.688. The fraction of sp³-hybridized carbons (Fsp3) is 0.438. The molecule has 0 bridgehead atoms. The lowest BCUT2D eigenvalue weighted by atomic mass is 10.1. The number of benzene rings is 1. The molecule has 0 atom stereocenters. The van der Waals surface area contributed by atoms with E-state index >= 15 is 0 Å². The summed E-state index contributed by atoms with van der Waals surface area (Å²) in [5.41, 5.74) is 2.44. The van der Waals surface area contributed by atoms with E-state index in [0.717, 1.165) is 38.5 Å². The van der Waals surface area contributed by atoms with E-state index in [4.69, 9.17) is 5.11 Å². The minimum absolute atomic E-state index is 0.299. The van der Waals surface area contributed by atoms with Gasteiger partial charge in [0.2, 0.25) is 0 Å². The number of H-pyrrole nitrogens is 1. The molecule has 0 saturated carbocycles. The Balaban J connectivity index is 1.73. The van der Waals surface area contributed by atoms with Gasteiger partial charge in [0.1, 0.15) is 0 Å². The van der Waals surface area contributed by atoms with Gasteiger partial charge in [0.15, 0.2) is 0 Å². The predicted molar refractivity (Wildman–Crippen MR) is 85.0 cm³/mol. The second-order valence-corrected chi connectivity index (χ2v) is 5.92. The molecular weight excluding hydrogens is 318 g/mol. The molecule has 2 aromatic rings. The summed E-state index contributed by atoms with van der Waals surface area (Å²) in [5, 5.41) is 9.79. The van der Waals surface area contributed by atoms with Crippen LogP contribution in [0, 0.1) is 0 Å². The van der Waals surface area contributed by atoms with Crippen molar-refractivity contribution in [3.8, 4) is 0 Å². The van der Waals surface area contributed by atoms with Gasteiger partial charge in [-0.25, -0.2) is 0 Å². The van der Waals surface area contributed by atoms with Crippen molar-refractivity contribution in [2.75, 3.05) is 0 Å². The number of aromatic amines is 1. The highest BCUT2D eigenvalue weighted by molar-refractivity contribution is 9.10. The molecule has 1 aromatic heterocycles. The second kappa shape index (κ2) is 7.48. The van der Waals surface area contributed by atoms with E-state index in [9.17, 15) is 4.79 Å². The number of carboxylic acid groups (broad SMARTS) is 1. The largest absolute Gasteiger partial charge is 0.481 e. The number of aromatic nitrogens is 1. The molecule has 0 aliphatic rings. The molecule has 2 rings (SSSR count). The van der Waals surface area contributed by atoms with Crippen molar-refractivity contribution in [3.05, 3.63) is 34.4 Å². The molecule has 20 heavy (non-hydrogen) atoms. The first-order valence-electron chi connectivity index (χ1n) is 7.15. The van der Waals surface area contributed by atoms with Crippen LogP contribution in [0.1, 0.15) is 44.2 Å². The number of rotatable bonds is 8. The number of aliphatic carboxylic acids is 1. The number of fused-ring (bicyclic) bond motifs is 1. The summed E-state index contributed by atoms with van der Waals surface area (Å²) in [6.45, 7) is 0. The Morgan fingerprint density at radius 2 is 1.80 bits per heavy atom. The number of nitrogens with one attached hydrogen (secondary N) is 1. The molecule has 3 nitrogen and oxygen atoms in total. The van der Waals surface area contributed by atoms with E-state index in [2.05, 4.69) is 33.0 Å². The first-order valence-corrected chi connectivity index (χ1v) is 7.94. The highest BCUT2D eigenvalue weighted by atomic mass is 79.9. The Morgan fingerprint density at radius 1 is 1.10 bits per heavy atom. The zero-order valence-electron chi connectivity index (χ0n) is 11.5. The van der Waals surface area contributed by atoms with E-state index in [1.807, 2.05) is 12.1 Å². The maximum atomic E-state index is 10.4. The molecule has 1 aromatic carbocycles. The van der Waals surface area contributed by atoms with Crippen LogP contribution in [0.2, 0.25) is 0 Å². The van der Waals surface area contributed by atoms with Crippen molar-refractivity contribution in [2.24, 2.45) is 0 Å². The van der Waals surface area contributed by atoms with Crippen LogP contribution >= 0.6 is 15.9 Å². The van der Waals surface area contributed by atoms with Crippen molar-refractivity contribution >= 4 is 32.8 Å². The van der Waals surface area contributed by atoms with Crippen LogP contribution in [0.5, 0.6) is 0 Å². The summed E-state index contributed by atoms with van der Waals surface area (Å²) < 4.78 is 1.18. The zero-order chi connectivity index (χ0) is 14.4. The van der Waals surface area contributed by atoms with Crippen LogP contribution in [0.25, 0.3) is 10.9 Å². The first kappa shape index (κ1) is 15.1. The van der Waals surface area contributed by atoms with E-state index in [0.29, 0.717) is 6.42 Å². The number of para-hydroxylation sites is 1. The van der Waals surface area contributed by atoms with Gasteiger partial charge in [0, 0.05) is 27.5 Å². The zero-order valence-corrected chi connectivity index (χ0v) is 13.1. The molecule has 0 fully saturated rings. The van der Waals surface area contributed by atoms with Gasteiger partial charge in [-0.3, -0.25) is 4.79 Å². The van der Waals surface area contributed by atoms with Gasteiger partial charge in [-0.1, -0.05) is 37.5 Å². The van der Waals surface area contributed by atoms with E-state index in [1.165, 1.54) is 21.1 Å². The fourth-order valence-corrected chi connectivity index (χ4v) is 3.09. The first-order chi connectivity index (χ1) is 9.68. The minimum Gasteiger partial charge on any atom is -0.481 e. The Morgan fingerprint density at radius 3 is 2.55 bits per heavy atom. The third-order valence-corrected chi connectivity index (χ3v) is 4.44. The van der Waals surface area contributed by atoms with Crippen molar-refractivity contribution in [3.63, 3.8) is 0 Å². The van der Waals surface area contributed by atoms with Crippen molar-refractivity contribution in [1.29, 1.82) is 0 Å². The van der Waals surface area contributed by atoms with Gasteiger partial charge in [-0.15, -0.1) is 0 Å². The van der Waals surface area contributed by atoms with E-state index in [1.54, 1.807) is 0 Å². The van der Waals surface area contributed by atoms with Gasteiger partial charge in [0.25, 0.3) is 0 Å². The molecule has 0 amide bonds. The number of carboxylic acids is 1. The monoisotopic (exact) mass is 337 g/mol. The topological polar surface area (TPSA) is 53.1 Å². The Hall–Kier alpha value is -1.29. The average Bonchev–Trinajstić information content (AvgIpc) is 2.75. The number of hydrogen-bond donors (Lipinski definition) is 2. The van der Waals surface area contributed by atoms with Gasteiger partial charge in [0.05, 0.1) is 0 Å². The summed E-state index contributed by atoms with van der Waals surface area (Å²) >= 11 is 3.67. The summed E-state index contributed by atoms with van der Waals surface area (Å²) in [6, 6.07) is 8.30. The predicted octanol–water partition coefficient (Wildman–Crippen LogP) is 4.90. The summed E-state index contributed by atoms with van der Waals surface area (Å²) in [7, 11) is 0. The fourth-order valence-electron chi connectivity index (χ4n) is 2.44. The smallest absolute Gasteiger partial charge is 0.303 e. The Kier molecular flexibility index (Phi) is 5.65. The lowest BCUT2D eigenvalue weighted by Gasteiger charge is -2.01. The number of halogens is 1. The normalized spacial score (nSPS) is 11.1. The van der Waals surface area contributed by atoms with Gasteiger partial charge >= 0.3 is 5.97 Å². The Labute approximate surface area is 127 Å². The van der Waals surface area contributed by atoms with Crippen LogP contribution < -0.4 is 0 Å². The molecule has 0 spiro atoms. The summed E-state index contributed by atoms with van der Waals surface area (Å²) in [5.74, 6) is -0.688. The molecular formula is C16H20BrNO2. The Bertz CT molecular complexity index is 577. The van der Waals surface area contributed by atoms with Crippen LogP contribution in [0.3, 0.4) is 0 Å². The van der Waals surface area contributed by atoms with Gasteiger partial charge in [-0.2, -0.15) is 0 Å². The molecule has 0 saturated heterocycles. The van der Waals surface area contributed by atoms with Gasteiger partial charge in [-0.05, 0) is 41.3 Å². The maximum Gasteiger partial charge on any atom is 0.303 e. The van der Waals surface area contributed by atoms with Crippen molar-refractivity contribution < 1.29 is 9.90 Å². The molecule has 108 valence electrons. The van der Waals surface area contributed by atoms with Crippen molar-refractivity contribution in [1.82, 2.24) is 4.98 Å². The van der Waals surface area contributed by atoms with Gasteiger partial charge < -0.3 is 10.1 Å². The average molecular weight is 338 g/mol. The SMILES string of the molecule is O=C(O)CCCCCCCc1[nH]c2ccccc2c1Br. The van der Waals surface area contributed by atoms with E-state index in [-0.39, 0.29) is 0 Å². The second-order valence-electron chi connectivity index (χ2n) is 5.12. The summed E-state index contributed by atoms with van der Waals surface area (Å²) in [6.07, 6.45) is 6.55. The lowest BCUT2D eigenvalue weighted by molar-refractivity contribution is -0.137. The number of carbonyl (C=O) groups is 1. The molecule has 0 radical (unpaired) electrons. The van der Waals surface area contributed by atoms with Crippen LogP contribution in [-0.4, -0.2) is 16.1 Å². The highest BCUT2D eigenvalue weighted by Gasteiger charge is 2.07. The molecule has 0 aliphatic heterocycles.